The number of hydrogen-bond acceptors (Lipinski definition) is 8. The van der Waals surface area contributed by atoms with Crippen molar-refractivity contribution in [3.05, 3.63) is 45.5 Å². The SMILES string of the molecule is CCCCc1ccc(C(=O)N[C@@H](CCCNC2NN2[N+](=O)[O-])C(=O)N[C@@H](CC(C)C)B(O)O)cc1. The summed E-state index contributed by atoms with van der Waals surface area (Å²) in [5, 5.41) is 38.5. The molecule has 6 N–H and O–H groups in total. The second-order valence-electron chi connectivity index (χ2n) is 9.20. The minimum Gasteiger partial charge on any atom is -0.426 e. The first-order valence-electron chi connectivity index (χ1n) is 12.1. The van der Waals surface area contributed by atoms with Gasteiger partial charge in [0.1, 0.15) is 6.04 Å². The third-order valence-electron chi connectivity index (χ3n) is 5.68. The van der Waals surface area contributed by atoms with Gasteiger partial charge >= 0.3 is 7.12 Å². The number of nitro groups is 1. The van der Waals surface area contributed by atoms with Crippen molar-refractivity contribution in [2.45, 2.75) is 77.6 Å². The lowest BCUT2D eigenvalue weighted by Crippen LogP contribution is -2.54. The molecule has 12 nitrogen and oxygen atoms in total. The third kappa shape index (κ3) is 9.80. The van der Waals surface area contributed by atoms with Gasteiger partial charge in [-0.25, -0.2) is 10.1 Å². The fourth-order valence-electron chi connectivity index (χ4n) is 3.67. The molecule has 1 aliphatic heterocycles. The Labute approximate surface area is 206 Å². The molecule has 0 spiro atoms. The Bertz CT molecular complexity index is 840. The minimum absolute atomic E-state index is 0.112. The topological polar surface area (TPSA) is 179 Å². The fraction of sp³-hybridized carbons (Fsp3) is 0.636. The monoisotopic (exact) mass is 492 g/mol. The number of nitrogens with zero attached hydrogens (tertiary/aromatic N) is 2. The molecule has 3 atom stereocenters. The van der Waals surface area contributed by atoms with E-state index in [-0.39, 0.29) is 12.3 Å². The average Bonchev–Trinajstić information content (AvgIpc) is 3.59. The van der Waals surface area contributed by atoms with Crippen LogP contribution in [0.15, 0.2) is 24.3 Å². The van der Waals surface area contributed by atoms with Crippen LogP contribution in [0.5, 0.6) is 0 Å². The largest absolute Gasteiger partial charge is 0.475 e. The normalized spacial score (nSPS) is 16.5. The molecule has 1 heterocycles. The van der Waals surface area contributed by atoms with E-state index in [1.165, 1.54) is 0 Å². The van der Waals surface area contributed by atoms with Gasteiger partial charge in [0.25, 0.3) is 5.91 Å². The molecule has 0 aliphatic carbocycles. The van der Waals surface area contributed by atoms with Gasteiger partial charge in [-0.1, -0.05) is 39.3 Å². The van der Waals surface area contributed by atoms with E-state index in [0.29, 0.717) is 24.9 Å². The van der Waals surface area contributed by atoms with Crippen molar-refractivity contribution < 1.29 is 24.7 Å². The van der Waals surface area contributed by atoms with Crippen molar-refractivity contribution in [2.75, 3.05) is 6.54 Å². The van der Waals surface area contributed by atoms with Crippen molar-refractivity contribution in [1.82, 2.24) is 26.5 Å². The summed E-state index contributed by atoms with van der Waals surface area (Å²) in [6.07, 6.45) is 3.55. The Morgan fingerprint density at radius 1 is 1.20 bits per heavy atom. The molecule has 0 radical (unpaired) electrons. The van der Waals surface area contributed by atoms with Crippen LogP contribution in [-0.4, -0.2) is 63.9 Å². The summed E-state index contributed by atoms with van der Waals surface area (Å²) in [5.74, 6) is -1.69. The van der Waals surface area contributed by atoms with E-state index in [1.807, 2.05) is 26.0 Å². The van der Waals surface area contributed by atoms with Crippen LogP contribution in [0.25, 0.3) is 0 Å². The van der Waals surface area contributed by atoms with Crippen LogP contribution in [0.2, 0.25) is 0 Å². The molecule has 2 amide bonds. The van der Waals surface area contributed by atoms with Crippen LogP contribution in [0.3, 0.4) is 0 Å². The standard InChI is InChI=1S/C22H37BN6O6/c1-4-5-7-16-9-11-17(12-10-16)20(30)25-18(8-6-13-24-22-27-28(22)29(34)35)21(31)26-19(23(32)33)14-15(2)3/h9-12,15,18-19,22,24,27,32-33H,4-8,13-14H2,1-3H3,(H,25,30)(H,26,31)/t18-,19-,22?,28?/m0/s1. The molecule has 0 bridgehead atoms. The van der Waals surface area contributed by atoms with Crippen LogP contribution >= 0.6 is 0 Å². The molecular weight excluding hydrogens is 455 g/mol. The van der Waals surface area contributed by atoms with Gasteiger partial charge in [0.05, 0.1) is 5.94 Å². The number of hydrazine groups is 2. The van der Waals surface area contributed by atoms with Crippen LogP contribution in [-0.2, 0) is 11.2 Å². The Balaban J connectivity index is 2.00. The van der Waals surface area contributed by atoms with Crippen molar-refractivity contribution >= 4 is 18.9 Å². The van der Waals surface area contributed by atoms with E-state index in [1.54, 1.807) is 12.1 Å². The second kappa shape index (κ2) is 14.0. The van der Waals surface area contributed by atoms with Crippen molar-refractivity contribution in [3.63, 3.8) is 0 Å². The number of aryl methyl sites for hydroxylation is 1. The minimum atomic E-state index is -1.73. The first-order chi connectivity index (χ1) is 16.6. The fourth-order valence-corrected chi connectivity index (χ4v) is 3.67. The van der Waals surface area contributed by atoms with Gasteiger partial charge in [0.2, 0.25) is 12.2 Å². The molecule has 0 saturated carbocycles. The summed E-state index contributed by atoms with van der Waals surface area (Å²) in [6.45, 7) is 6.28. The summed E-state index contributed by atoms with van der Waals surface area (Å²) in [7, 11) is -1.73. The van der Waals surface area contributed by atoms with E-state index in [9.17, 15) is 29.8 Å². The number of benzene rings is 1. The van der Waals surface area contributed by atoms with E-state index in [4.69, 9.17) is 0 Å². The Hall–Kier alpha value is -2.74. The molecule has 1 aliphatic rings. The Kier molecular flexibility index (Phi) is 11.4. The highest BCUT2D eigenvalue weighted by atomic mass is 16.7. The zero-order chi connectivity index (χ0) is 26.0. The Morgan fingerprint density at radius 3 is 2.43 bits per heavy atom. The molecule has 194 valence electrons. The molecule has 13 heteroatoms. The third-order valence-corrected chi connectivity index (χ3v) is 5.68. The summed E-state index contributed by atoms with van der Waals surface area (Å²) >= 11 is 0. The molecular formula is C22H37BN6O6. The predicted molar refractivity (Wildman–Crippen MR) is 131 cm³/mol. The molecule has 1 aromatic rings. The smallest absolute Gasteiger partial charge is 0.426 e. The summed E-state index contributed by atoms with van der Waals surface area (Å²) in [4.78, 5) is 36.5. The van der Waals surface area contributed by atoms with Crippen LogP contribution < -0.4 is 21.4 Å². The number of unbranched alkanes of at least 4 members (excludes halogenated alkanes) is 1. The van der Waals surface area contributed by atoms with E-state index in [0.717, 1.165) is 29.9 Å². The molecule has 1 aromatic carbocycles. The Morgan fingerprint density at radius 2 is 1.89 bits per heavy atom. The van der Waals surface area contributed by atoms with Crippen molar-refractivity contribution in [2.24, 2.45) is 5.92 Å². The van der Waals surface area contributed by atoms with Crippen molar-refractivity contribution in [3.8, 4) is 0 Å². The number of hydrogen-bond donors (Lipinski definition) is 6. The van der Waals surface area contributed by atoms with E-state index < -0.39 is 42.2 Å². The number of nitrogens with one attached hydrogen (secondary N) is 4. The lowest BCUT2D eigenvalue weighted by Gasteiger charge is -2.24. The van der Waals surface area contributed by atoms with Gasteiger partial charge in [-0.2, -0.15) is 0 Å². The predicted octanol–water partition coefficient (Wildman–Crippen LogP) is 0.336. The lowest BCUT2D eigenvalue weighted by atomic mass is 9.75. The van der Waals surface area contributed by atoms with E-state index >= 15 is 0 Å². The second-order valence-corrected chi connectivity index (χ2v) is 9.20. The van der Waals surface area contributed by atoms with Gasteiger partial charge < -0.3 is 20.7 Å². The summed E-state index contributed by atoms with van der Waals surface area (Å²) in [6, 6.07) is 6.32. The van der Waals surface area contributed by atoms with Gasteiger partial charge in [-0.15, -0.1) is 5.43 Å². The van der Waals surface area contributed by atoms with Gasteiger partial charge in [-0.3, -0.25) is 14.9 Å². The highest BCUT2D eigenvalue weighted by molar-refractivity contribution is 6.43. The lowest BCUT2D eigenvalue weighted by molar-refractivity contribution is -0.627. The average molecular weight is 492 g/mol. The number of rotatable bonds is 16. The molecule has 1 fully saturated rings. The molecule has 35 heavy (non-hydrogen) atoms. The maximum Gasteiger partial charge on any atom is 0.475 e. The maximum absolute atomic E-state index is 13.0. The van der Waals surface area contributed by atoms with Crippen LogP contribution in [0.4, 0.5) is 0 Å². The first kappa shape index (κ1) is 28.5. The molecule has 1 saturated heterocycles. The zero-order valence-corrected chi connectivity index (χ0v) is 20.6. The van der Waals surface area contributed by atoms with E-state index in [2.05, 4.69) is 28.3 Å². The van der Waals surface area contributed by atoms with Crippen LogP contribution in [0, 0.1) is 16.0 Å². The van der Waals surface area contributed by atoms with Gasteiger partial charge in [-0.05, 0) is 67.4 Å². The number of carbonyl (C=O) groups is 2. The van der Waals surface area contributed by atoms with Gasteiger partial charge in [0, 0.05) is 5.56 Å². The van der Waals surface area contributed by atoms with Crippen LogP contribution in [0.1, 0.15) is 68.8 Å². The first-order valence-corrected chi connectivity index (χ1v) is 12.1. The summed E-state index contributed by atoms with van der Waals surface area (Å²) in [5.41, 5.74) is 4.08. The molecule has 1 unspecified atom stereocenters. The summed E-state index contributed by atoms with van der Waals surface area (Å²) < 4.78 is 0. The molecule has 2 rings (SSSR count). The molecule has 0 aromatic heterocycles. The highest BCUT2D eigenvalue weighted by Crippen LogP contribution is 2.11. The zero-order valence-electron chi connectivity index (χ0n) is 20.6. The van der Waals surface area contributed by atoms with Crippen molar-refractivity contribution in [1.29, 1.82) is 0 Å². The highest BCUT2D eigenvalue weighted by Gasteiger charge is 2.43. The number of carbonyl (C=O) groups excluding carboxylic acids is 2. The quantitative estimate of drug-likeness (QED) is 0.0624. The number of amides is 2. The van der Waals surface area contributed by atoms with Gasteiger partial charge in [0.15, 0.2) is 5.03 Å². The maximum atomic E-state index is 13.0.